The summed E-state index contributed by atoms with van der Waals surface area (Å²) in [4.78, 5) is 22.8. The van der Waals surface area contributed by atoms with Crippen molar-refractivity contribution in [2.75, 3.05) is 0 Å². The molecule has 2 aromatic heterocycles. The molecule has 0 saturated carbocycles. The first-order valence-electron chi connectivity index (χ1n) is 5.69. The van der Waals surface area contributed by atoms with Crippen LogP contribution in [0, 0.1) is 0 Å². The Labute approximate surface area is 109 Å². The Kier molecular flexibility index (Phi) is 3.37. The Balaban J connectivity index is 2.31. The Morgan fingerprint density at radius 1 is 1.37 bits per heavy atom. The lowest BCUT2D eigenvalue weighted by molar-refractivity contribution is -0.138. The lowest BCUT2D eigenvalue weighted by atomic mass is 10.2. The molecule has 0 aromatic carbocycles. The van der Waals surface area contributed by atoms with Gasteiger partial charge in [-0.3, -0.25) is 14.3 Å². The van der Waals surface area contributed by atoms with Crippen LogP contribution in [0.3, 0.4) is 0 Å². The first-order valence-corrected chi connectivity index (χ1v) is 5.69. The highest BCUT2D eigenvalue weighted by Gasteiger charge is 2.21. The summed E-state index contributed by atoms with van der Waals surface area (Å²) in [5, 5.41) is 15.2. The average Bonchev–Trinajstić information content (AvgIpc) is 2.97. The minimum Gasteiger partial charge on any atom is -0.480 e. The van der Waals surface area contributed by atoms with E-state index in [0.717, 1.165) is 0 Å². The summed E-state index contributed by atoms with van der Waals surface area (Å²) in [7, 11) is 1.72. The SMILES string of the molecule is C[C@@H](NC(=O)c1cnn(C)c1-n1cccc1)C(=O)O. The molecule has 2 heterocycles. The molecular formula is C12H14N4O3. The maximum Gasteiger partial charge on any atom is 0.325 e. The number of rotatable bonds is 4. The zero-order valence-electron chi connectivity index (χ0n) is 10.6. The van der Waals surface area contributed by atoms with Crippen molar-refractivity contribution < 1.29 is 14.7 Å². The van der Waals surface area contributed by atoms with E-state index in [9.17, 15) is 9.59 Å². The lowest BCUT2D eigenvalue weighted by Gasteiger charge is -2.10. The zero-order chi connectivity index (χ0) is 14.0. The Morgan fingerprint density at radius 3 is 2.58 bits per heavy atom. The van der Waals surface area contributed by atoms with E-state index in [2.05, 4.69) is 10.4 Å². The first kappa shape index (κ1) is 12.9. The molecule has 0 saturated heterocycles. The van der Waals surface area contributed by atoms with Gasteiger partial charge in [0.2, 0.25) is 0 Å². The fourth-order valence-electron chi connectivity index (χ4n) is 1.71. The van der Waals surface area contributed by atoms with Crippen LogP contribution in [-0.2, 0) is 11.8 Å². The molecule has 0 radical (unpaired) electrons. The van der Waals surface area contributed by atoms with E-state index in [0.29, 0.717) is 11.4 Å². The topological polar surface area (TPSA) is 89.2 Å². The van der Waals surface area contributed by atoms with Gasteiger partial charge in [0, 0.05) is 19.4 Å². The largest absolute Gasteiger partial charge is 0.480 e. The predicted octanol–water partition coefficient (Wildman–Crippen LogP) is 0.414. The van der Waals surface area contributed by atoms with Gasteiger partial charge in [0.15, 0.2) is 0 Å². The van der Waals surface area contributed by atoms with E-state index < -0.39 is 17.9 Å². The van der Waals surface area contributed by atoms with Crippen molar-refractivity contribution >= 4 is 11.9 Å². The van der Waals surface area contributed by atoms with Crippen LogP contribution in [0.25, 0.3) is 5.82 Å². The molecule has 7 nitrogen and oxygen atoms in total. The molecule has 0 unspecified atom stereocenters. The van der Waals surface area contributed by atoms with Gasteiger partial charge in [-0.05, 0) is 19.1 Å². The summed E-state index contributed by atoms with van der Waals surface area (Å²) in [6.45, 7) is 1.41. The van der Waals surface area contributed by atoms with Crippen molar-refractivity contribution in [1.82, 2.24) is 19.7 Å². The molecule has 1 amide bonds. The van der Waals surface area contributed by atoms with Crippen LogP contribution in [0.1, 0.15) is 17.3 Å². The van der Waals surface area contributed by atoms with Crippen LogP contribution < -0.4 is 5.32 Å². The number of hydrogen-bond acceptors (Lipinski definition) is 3. The maximum atomic E-state index is 12.0. The van der Waals surface area contributed by atoms with Crippen LogP contribution in [0.2, 0.25) is 0 Å². The third kappa shape index (κ3) is 2.49. The minimum absolute atomic E-state index is 0.326. The number of amides is 1. The predicted molar refractivity (Wildman–Crippen MR) is 67.1 cm³/mol. The van der Waals surface area contributed by atoms with Crippen LogP contribution in [0.5, 0.6) is 0 Å². The van der Waals surface area contributed by atoms with E-state index in [4.69, 9.17) is 5.11 Å². The molecule has 0 aliphatic carbocycles. The first-order chi connectivity index (χ1) is 9.00. The molecule has 2 aromatic rings. The number of nitrogens with zero attached hydrogens (tertiary/aromatic N) is 3. The second kappa shape index (κ2) is 4.97. The average molecular weight is 262 g/mol. The normalized spacial score (nSPS) is 12.1. The fourth-order valence-corrected chi connectivity index (χ4v) is 1.71. The summed E-state index contributed by atoms with van der Waals surface area (Å²) >= 11 is 0. The Morgan fingerprint density at radius 2 is 2.00 bits per heavy atom. The van der Waals surface area contributed by atoms with E-state index in [1.165, 1.54) is 13.1 Å². The van der Waals surface area contributed by atoms with E-state index >= 15 is 0 Å². The van der Waals surface area contributed by atoms with Crippen molar-refractivity contribution in [2.45, 2.75) is 13.0 Å². The van der Waals surface area contributed by atoms with Gasteiger partial charge in [0.05, 0.1) is 6.20 Å². The van der Waals surface area contributed by atoms with E-state index in [1.54, 1.807) is 28.7 Å². The highest BCUT2D eigenvalue weighted by molar-refractivity contribution is 5.98. The Hall–Kier alpha value is -2.57. The number of hydrogen-bond donors (Lipinski definition) is 2. The zero-order valence-corrected chi connectivity index (χ0v) is 10.6. The number of carbonyl (C=O) groups excluding carboxylic acids is 1. The number of aliphatic carboxylic acids is 1. The van der Waals surface area contributed by atoms with Crippen molar-refractivity contribution in [2.24, 2.45) is 7.05 Å². The number of carboxylic acid groups (broad SMARTS) is 1. The standard InChI is InChI=1S/C12H14N4O3/c1-8(12(18)19)14-10(17)9-7-13-15(2)11(9)16-5-3-4-6-16/h3-8H,1-2H3,(H,14,17)(H,18,19)/t8-/m1/s1. The summed E-state index contributed by atoms with van der Waals surface area (Å²) in [5.74, 6) is -0.966. The van der Waals surface area contributed by atoms with Crippen molar-refractivity contribution in [3.05, 3.63) is 36.3 Å². The second-order valence-electron chi connectivity index (χ2n) is 4.13. The summed E-state index contributed by atoms with van der Waals surface area (Å²) < 4.78 is 3.30. The number of aryl methyl sites for hydroxylation is 1. The fraction of sp³-hybridized carbons (Fsp3) is 0.250. The van der Waals surface area contributed by atoms with Crippen LogP contribution in [0.4, 0.5) is 0 Å². The van der Waals surface area contributed by atoms with Crippen molar-refractivity contribution in [3.63, 3.8) is 0 Å². The molecule has 19 heavy (non-hydrogen) atoms. The monoisotopic (exact) mass is 262 g/mol. The smallest absolute Gasteiger partial charge is 0.325 e. The summed E-state index contributed by atoms with van der Waals surface area (Å²) in [6, 6.07) is 2.70. The van der Waals surface area contributed by atoms with Gasteiger partial charge in [-0.1, -0.05) is 0 Å². The van der Waals surface area contributed by atoms with Crippen LogP contribution in [0.15, 0.2) is 30.7 Å². The second-order valence-corrected chi connectivity index (χ2v) is 4.13. The summed E-state index contributed by atoms with van der Waals surface area (Å²) in [6.07, 6.45) is 4.99. The van der Waals surface area contributed by atoms with E-state index in [-0.39, 0.29) is 0 Å². The van der Waals surface area contributed by atoms with Crippen LogP contribution in [-0.4, -0.2) is 37.4 Å². The minimum atomic E-state index is -1.08. The number of carboxylic acids is 1. The molecular weight excluding hydrogens is 248 g/mol. The molecule has 0 spiro atoms. The maximum absolute atomic E-state index is 12.0. The van der Waals surface area contributed by atoms with Crippen LogP contribution >= 0.6 is 0 Å². The van der Waals surface area contributed by atoms with Gasteiger partial charge in [-0.2, -0.15) is 5.10 Å². The molecule has 0 aliphatic heterocycles. The van der Waals surface area contributed by atoms with Crippen molar-refractivity contribution in [1.29, 1.82) is 0 Å². The third-order valence-electron chi connectivity index (χ3n) is 2.72. The summed E-state index contributed by atoms with van der Waals surface area (Å²) in [5.41, 5.74) is 0.326. The highest BCUT2D eigenvalue weighted by atomic mass is 16.4. The van der Waals surface area contributed by atoms with Gasteiger partial charge in [0.25, 0.3) is 5.91 Å². The van der Waals surface area contributed by atoms with Gasteiger partial charge in [0.1, 0.15) is 17.4 Å². The van der Waals surface area contributed by atoms with E-state index in [1.807, 2.05) is 12.1 Å². The molecule has 7 heteroatoms. The number of nitrogens with one attached hydrogen (secondary N) is 1. The third-order valence-corrected chi connectivity index (χ3v) is 2.72. The molecule has 100 valence electrons. The van der Waals surface area contributed by atoms with Crippen molar-refractivity contribution in [3.8, 4) is 5.82 Å². The molecule has 1 atom stereocenters. The van der Waals surface area contributed by atoms with Gasteiger partial charge >= 0.3 is 5.97 Å². The number of aromatic nitrogens is 3. The molecule has 0 bridgehead atoms. The van der Waals surface area contributed by atoms with Gasteiger partial charge in [-0.25, -0.2) is 0 Å². The quantitative estimate of drug-likeness (QED) is 0.835. The number of carbonyl (C=O) groups is 2. The lowest BCUT2D eigenvalue weighted by Crippen LogP contribution is -2.38. The molecule has 2 rings (SSSR count). The highest BCUT2D eigenvalue weighted by Crippen LogP contribution is 2.13. The van der Waals surface area contributed by atoms with Gasteiger partial charge < -0.3 is 15.0 Å². The van der Waals surface area contributed by atoms with Gasteiger partial charge in [-0.15, -0.1) is 0 Å². The molecule has 2 N–H and O–H groups in total. The molecule has 0 aliphatic rings. The Bertz CT molecular complexity index is 601. The molecule has 0 fully saturated rings.